The number of pyridine rings is 1. The molecule has 1 aliphatic carbocycles. The fraction of sp³-hybridized carbons (Fsp3) is 0.351. The van der Waals surface area contributed by atoms with Gasteiger partial charge in [0.1, 0.15) is 29.0 Å². The number of alkyl carbamates (subject to hydrolysis) is 1. The van der Waals surface area contributed by atoms with Crippen LogP contribution in [0.15, 0.2) is 132 Å². The van der Waals surface area contributed by atoms with Crippen LogP contribution in [0.1, 0.15) is 95.6 Å². The molecule has 13 heteroatoms. The topological polar surface area (TPSA) is 160 Å². The Morgan fingerprint density at radius 2 is 1.47 bits per heavy atom. The molecule has 0 aliphatic heterocycles. The van der Waals surface area contributed by atoms with E-state index in [1.165, 1.54) is 6.07 Å². The smallest absolute Gasteiger partial charge is 0.411 e. The van der Waals surface area contributed by atoms with Crippen LogP contribution in [0.3, 0.4) is 0 Å². The van der Waals surface area contributed by atoms with Crippen LogP contribution in [0.5, 0.6) is 17.2 Å². The van der Waals surface area contributed by atoms with Gasteiger partial charge in [-0.2, -0.15) is 0 Å². The van der Waals surface area contributed by atoms with E-state index in [0.29, 0.717) is 56.4 Å². The van der Waals surface area contributed by atoms with Gasteiger partial charge in [-0.1, -0.05) is 106 Å². The van der Waals surface area contributed by atoms with Crippen molar-refractivity contribution in [3.05, 3.63) is 160 Å². The first-order chi connectivity index (χ1) is 33.3. The fourth-order valence-corrected chi connectivity index (χ4v) is 9.47. The molecule has 5 N–H and O–H groups in total. The Hall–Kier alpha value is -6.67. The zero-order valence-electron chi connectivity index (χ0n) is 41.7. The summed E-state index contributed by atoms with van der Waals surface area (Å²) in [5.74, 6) is 1.49. The van der Waals surface area contributed by atoms with Crippen LogP contribution >= 0.6 is 0 Å². The number of H-pyrrole nitrogens is 1. The summed E-state index contributed by atoms with van der Waals surface area (Å²) in [5.41, 5.74) is 6.15. The van der Waals surface area contributed by atoms with Crippen molar-refractivity contribution < 1.29 is 33.3 Å². The lowest BCUT2D eigenvalue weighted by Gasteiger charge is -2.39. The van der Waals surface area contributed by atoms with Gasteiger partial charge < -0.3 is 39.4 Å². The monoisotopic (exact) mass is 964 g/mol. The number of hydrogen-bond acceptors (Lipinski definition) is 9. The van der Waals surface area contributed by atoms with Crippen LogP contribution in [-0.2, 0) is 26.9 Å². The SMILES string of the molecule is CC(C)(C)OC(=O)NC1CCC(OC(=O)Nc2cc(C=CCc3ccc(Oc4ccc(CNC[C@H](O[Si](C)(C)C(C)(C)C)c5ccc(O)c6[nH]c(=O)ccc56)cc4)cc3)ccc2-c2ccccc2)CC1. The lowest BCUT2D eigenvalue weighted by atomic mass is 9.93. The summed E-state index contributed by atoms with van der Waals surface area (Å²) in [6, 6.07) is 38.7. The average molecular weight is 965 g/mol. The van der Waals surface area contributed by atoms with Crippen LogP contribution in [0, 0.1) is 0 Å². The average Bonchev–Trinajstić information content (AvgIpc) is 3.30. The summed E-state index contributed by atoms with van der Waals surface area (Å²) >= 11 is 0. The maximum absolute atomic E-state index is 13.3. The molecular formula is C57H68N4O8Si. The Labute approximate surface area is 413 Å². The first-order valence-corrected chi connectivity index (χ1v) is 27.1. The van der Waals surface area contributed by atoms with E-state index in [4.69, 9.17) is 18.6 Å². The van der Waals surface area contributed by atoms with Crippen molar-refractivity contribution in [2.75, 3.05) is 11.9 Å². The molecule has 1 aliphatic rings. The van der Waals surface area contributed by atoms with E-state index in [1.54, 1.807) is 12.1 Å². The van der Waals surface area contributed by atoms with Gasteiger partial charge in [-0.25, -0.2) is 9.59 Å². The number of amides is 2. The molecule has 2 amide bonds. The van der Waals surface area contributed by atoms with E-state index in [2.05, 4.69) is 73.0 Å². The summed E-state index contributed by atoms with van der Waals surface area (Å²) in [6.45, 7) is 17.7. The van der Waals surface area contributed by atoms with Gasteiger partial charge in [0, 0.05) is 36.1 Å². The summed E-state index contributed by atoms with van der Waals surface area (Å²) in [4.78, 5) is 40.4. The van der Waals surface area contributed by atoms with E-state index in [1.807, 2.05) is 118 Å². The maximum Gasteiger partial charge on any atom is 0.411 e. The number of hydrogen-bond donors (Lipinski definition) is 5. The molecule has 6 aromatic rings. The summed E-state index contributed by atoms with van der Waals surface area (Å²) in [5, 5.41) is 20.8. The second-order valence-corrected chi connectivity index (χ2v) is 25.4. The first kappa shape index (κ1) is 51.2. The van der Waals surface area contributed by atoms with Crippen LogP contribution < -0.4 is 26.2 Å². The predicted molar refractivity (Wildman–Crippen MR) is 282 cm³/mol. The van der Waals surface area contributed by atoms with E-state index in [9.17, 15) is 19.5 Å². The molecule has 0 spiro atoms. The highest BCUT2D eigenvalue weighted by Crippen LogP contribution is 2.41. The summed E-state index contributed by atoms with van der Waals surface area (Å²) < 4.78 is 24.5. The zero-order chi connectivity index (χ0) is 50.1. The number of aromatic nitrogens is 1. The Bertz CT molecular complexity index is 2810. The number of carbonyl (C=O) groups is 2. The Kier molecular flexibility index (Phi) is 16.4. The highest BCUT2D eigenvalue weighted by molar-refractivity contribution is 6.74. The third-order valence-electron chi connectivity index (χ3n) is 12.9. The lowest BCUT2D eigenvalue weighted by molar-refractivity contribution is 0.0440. The van der Waals surface area contributed by atoms with Crippen molar-refractivity contribution in [3.63, 3.8) is 0 Å². The molecule has 368 valence electrons. The number of aromatic hydroxyl groups is 1. The molecule has 5 aromatic carbocycles. The zero-order valence-corrected chi connectivity index (χ0v) is 42.7. The Morgan fingerprint density at radius 1 is 0.800 bits per heavy atom. The van der Waals surface area contributed by atoms with Crippen molar-refractivity contribution in [3.8, 4) is 28.4 Å². The van der Waals surface area contributed by atoms with Crippen LogP contribution in [0.25, 0.3) is 28.1 Å². The number of phenolic OH excluding ortho intramolecular Hbond substituents is 1. The number of benzene rings is 5. The highest BCUT2D eigenvalue weighted by atomic mass is 28.4. The van der Waals surface area contributed by atoms with Crippen molar-refractivity contribution in [2.45, 2.75) is 122 Å². The minimum atomic E-state index is -2.21. The molecule has 1 fully saturated rings. The van der Waals surface area contributed by atoms with Crippen molar-refractivity contribution in [1.29, 1.82) is 0 Å². The fourth-order valence-electron chi connectivity index (χ4n) is 8.20. The number of ether oxygens (including phenoxy) is 3. The van der Waals surface area contributed by atoms with Crippen molar-refractivity contribution >= 4 is 43.2 Å². The minimum Gasteiger partial charge on any atom is -0.506 e. The van der Waals surface area contributed by atoms with E-state index < -0.39 is 26.1 Å². The molecule has 1 aromatic heterocycles. The standard InChI is InChI=1S/C57H68N4O8Si/c1-56(2,3)68-55(65)59-42-22-28-45(29-23-42)67-54(64)60-49-35-39(21-30-46(49)41-15-10-9-11-16-41)14-12-13-38-17-24-43(25-18-38)66-44-26-19-40(20-27-44)36-58-37-51(69-70(7,8)57(4,5)6)47-31-33-50(62)53-48(47)32-34-52(63)61-53/h9-12,14-21,24-27,30-35,42,45,51,58,62H,13,22-23,28-29,36-37H2,1-8H3,(H,59,65)(H,60,64)(H,61,63)/t42?,45?,51-/m0/s1. The maximum atomic E-state index is 13.3. The largest absolute Gasteiger partial charge is 0.506 e. The van der Waals surface area contributed by atoms with E-state index >= 15 is 0 Å². The quantitative estimate of drug-likeness (QED) is 0.0595. The third kappa shape index (κ3) is 14.2. The second-order valence-electron chi connectivity index (χ2n) is 20.6. The molecule has 1 saturated carbocycles. The second kappa shape index (κ2) is 22.4. The van der Waals surface area contributed by atoms with Crippen molar-refractivity contribution in [2.24, 2.45) is 0 Å². The van der Waals surface area contributed by atoms with Crippen molar-refractivity contribution in [1.82, 2.24) is 15.6 Å². The molecule has 0 radical (unpaired) electrons. The van der Waals surface area contributed by atoms with Crippen LogP contribution in [-0.4, -0.2) is 54.9 Å². The number of aromatic amines is 1. The first-order valence-electron chi connectivity index (χ1n) is 24.2. The van der Waals surface area contributed by atoms with E-state index in [0.717, 1.165) is 50.3 Å². The number of fused-ring (bicyclic) bond motifs is 1. The number of anilines is 1. The van der Waals surface area contributed by atoms with Gasteiger partial charge in [0.25, 0.3) is 0 Å². The molecule has 0 bridgehead atoms. The normalized spacial score (nSPS) is 15.9. The molecule has 1 heterocycles. The third-order valence-corrected chi connectivity index (χ3v) is 17.4. The predicted octanol–water partition coefficient (Wildman–Crippen LogP) is 13.2. The number of rotatable bonds is 16. The molecule has 1 atom stereocenters. The Morgan fingerprint density at radius 3 is 2.13 bits per heavy atom. The summed E-state index contributed by atoms with van der Waals surface area (Å²) in [7, 11) is -2.21. The van der Waals surface area contributed by atoms with Gasteiger partial charge in [-0.15, -0.1) is 0 Å². The number of allylic oxidation sites excluding steroid dienone is 1. The van der Waals surface area contributed by atoms with Crippen LogP contribution in [0.4, 0.5) is 15.3 Å². The van der Waals surface area contributed by atoms with Gasteiger partial charge in [0.05, 0.1) is 17.3 Å². The molecular weight excluding hydrogens is 897 g/mol. The van der Waals surface area contributed by atoms with Gasteiger partial charge in [0.2, 0.25) is 5.56 Å². The van der Waals surface area contributed by atoms with Gasteiger partial charge >= 0.3 is 12.2 Å². The van der Waals surface area contributed by atoms with Crippen LogP contribution in [0.2, 0.25) is 18.1 Å². The lowest BCUT2D eigenvalue weighted by Crippen LogP contribution is -2.43. The number of phenols is 1. The minimum absolute atomic E-state index is 0.0183. The molecule has 0 unspecified atom stereocenters. The molecule has 12 nitrogen and oxygen atoms in total. The number of nitrogens with one attached hydrogen (secondary N) is 4. The van der Waals surface area contributed by atoms with E-state index in [-0.39, 0.29) is 34.6 Å². The van der Waals surface area contributed by atoms with Gasteiger partial charge in [-0.3, -0.25) is 10.1 Å². The van der Waals surface area contributed by atoms with Gasteiger partial charge in [0.15, 0.2) is 8.32 Å². The number of carbonyl (C=O) groups excluding carboxylic acids is 2. The summed E-state index contributed by atoms with van der Waals surface area (Å²) in [6.07, 6.45) is 6.04. The van der Waals surface area contributed by atoms with Gasteiger partial charge in [-0.05, 0) is 141 Å². The molecule has 7 rings (SSSR count). The Balaban J connectivity index is 0.918. The highest BCUT2D eigenvalue weighted by Gasteiger charge is 2.40. The molecule has 0 saturated heterocycles. The molecule has 70 heavy (non-hydrogen) atoms.